The summed E-state index contributed by atoms with van der Waals surface area (Å²) in [7, 11) is -3.92. The van der Waals surface area contributed by atoms with Crippen LogP contribution in [0.4, 0.5) is 17.6 Å². The summed E-state index contributed by atoms with van der Waals surface area (Å²) in [5.41, 5.74) is -4.33. The first-order valence-electron chi connectivity index (χ1n) is 11.0. The standard InChI is InChI=1S/C24H28F4N2O4S/c1-5-35(33,34)29-21-19(30(13-24(21,4)28)22(31)23(2,3)32)11-14-7-6-8-18(20(14)27)15-9-16(25)12-17(26)10-15/h6-10,12,19,21,29,32H,5,11,13H2,1-4H3. The van der Waals surface area contributed by atoms with Crippen LogP contribution >= 0.6 is 0 Å². The lowest BCUT2D eigenvalue weighted by atomic mass is 9.92. The number of benzene rings is 2. The van der Waals surface area contributed by atoms with Crippen molar-refractivity contribution in [2.24, 2.45) is 0 Å². The molecule has 1 saturated heterocycles. The van der Waals surface area contributed by atoms with Gasteiger partial charge >= 0.3 is 0 Å². The highest BCUT2D eigenvalue weighted by Gasteiger charge is 2.55. The van der Waals surface area contributed by atoms with Gasteiger partial charge in [0.05, 0.1) is 24.4 Å². The van der Waals surface area contributed by atoms with Gasteiger partial charge in [-0.05, 0) is 57.4 Å². The summed E-state index contributed by atoms with van der Waals surface area (Å²) in [5.74, 6) is -3.85. The fraction of sp³-hybridized carbons (Fsp3) is 0.458. The Balaban J connectivity index is 2.08. The number of halogens is 4. The molecular formula is C24H28F4N2O4S. The lowest BCUT2D eigenvalue weighted by molar-refractivity contribution is -0.149. The summed E-state index contributed by atoms with van der Waals surface area (Å²) in [6, 6.07) is 4.05. The molecule has 2 N–H and O–H groups in total. The van der Waals surface area contributed by atoms with Crippen LogP contribution in [0.3, 0.4) is 0 Å². The molecule has 2 aromatic carbocycles. The van der Waals surface area contributed by atoms with E-state index < -0.39 is 63.3 Å². The number of carbonyl (C=O) groups excluding carboxylic acids is 1. The Morgan fingerprint density at radius 3 is 2.34 bits per heavy atom. The van der Waals surface area contributed by atoms with Crippen molar-refractivity contribution in [3.63, 3.8) is 0 Å². The molecule has 3 unspecified atom stereocenters. The third kappa shape index (κ3) is 5.84. The van der Waals surface area contributed by atoms with E-state index in [1.165, 1.54) is 39.0 Å². The molecule has 0 bridgehead atoms. The van der Waals surface area contributed by atoms with E-state index in [9.17, 15) is 27.1 Å². The number of aliphatic hydroxyl groups is 1. The van der Waals surface area contributed by atoms with Crippen molar-refractivity contribution in [1.82, 2.24) is 9.62 Å². The number of likely N-dealkylation sites (tertiary alicyclic amines) is 1. The van der Waals surface area contributed by atoms with Crippen LogP contribution in [-0.4, -0.2) is 60.0 Å². The summed E-state index contributed by atoms with van der Waals surface area (Å²) < 4.78 is 85.5. The Morgan fingerprint density at radius 1 is 1.20 bits per heavy atom. The molecule has 3 rings (SSSR count). The van der Waals surface area contributed by atoms with Crippen molar-refractivity contribution in [3.05, 3.63) is 59.4 Å². The lowest BCUT2D eigenvalue weighted by Crippen LogP contribution is -2.54. The van der Waals surface area contributed by atoms with Crippen LogP contribution in [0.2, 0.25) is 0 Å². The van der Waals surface area contributed by atoms with Gasteiger partial charge in [-0.2, -0.15) is 0 Å². The predicted octanol–water partition coefficient (Wildman–Crippen LogP) is 3.33. The molecule has 0 aromatic heterocycles. The maximum absolute atomic E-state index is 15.6. The van der Waals surface area contributed by atoms with Gasteiger partial charge in [0.1, 0.15) is 28.7 Å². The van der Waals surface area contributed by atoms with Crippen LogP contribution < -0.4 is 4.72 Å². The molecule has 35 heavy (non-hydrogen) atoms. The molecule has 1 heterocycles. The highest BCUT2D eigenvalue weighted by molar-refractivity contribution is 7.89. The smallest absolute Gasteiger partial charge is 0.254 e. The van der Waals surface area contributed by atoms with E-state index in [-0.39, 0.29) is 28.9 Å². The number of sulfonamides is 1. The van der Waals surface area contributed by atoms with Crippen LogP contribution in [0.1, 0.15) is 33.3 Å². The molecule has 3 atom stereocenters. The van der Waals surface area contributed by atoms with Crippen molar-refractivity contribution < 1.29 is 35.9 Å². The number of alkyl halides is 1. The Kier molecular flexibility index (Phi) is 7.36. The molecule has 192 valence electrons. The van der Waals surface area contributed by atoms with Crippen LogP contribution in [0, 0.1) is 17.5 Å². The second-order valence-electron chi connectivity index (χ2n) is 9.48. The molecule has 0 spiro atoms. The van der Waals surface area contributed by atoms with Gasteiger partial charge in [0.2, 0.25) is 10.0 Å². The summed E-state index contributed by atoms with van der Waals surface area (Å²) in [4.78, 5) is 13.9. The van der Waals surface area contributed by atoms with Gasteiger partial charge in [0, 0.05) is 11.6 Å². The number of hydrogen-bond donors (Lipinski definition) is 2. The number of hydrogen-bond acceptors (Lipinski definition) is 4. The van der Waals surface area contributed by atoms with Crippen LogP contribution in [-0.2, 0) is 21.2 Å². The average molecular weight is 517 g/mol. The molecular weight excluding hydrogens is 488 g/mol. The molecule has 0 radical (unpaired) electrons. The Labute approximate surface area is 202 Å². The molecule has 1 fully saturated rings. The Bertz CT molecular complexity index is 1210. The van der Waals surface area contributed by atoms with E-state index in [4.69, 9.17) is 0 Å². The van der Waals surface area contributed by atoms with Gasteiger partial charge in [-0.15, -0.1) is 0 Å². The fourth-order valence-electron chi connectivity index (χ4n) is 4.30. The predicted molar refractivity (Wildman–Crippen MR) is 123 cm³/mol. The Hall–Kier alpha value is -2.50. The SMILES string of the molecule is CCS(=O)(=O)NC1C(Cc2cccc(-c3cc(F)cc(F)c3)c2F)N(C(=O)C(C)(C)O)CC1(C)F. The third-order valence-electron chi connectivity index (χ3n) is 6.07. The van der Waals surface area contributed by atoms with Crippen molar-refractivity contribution in [2.45, 2.75) is 57.5 Å². The first kappa shape index (κ1) is 27.1. The molecule has 6 nitrogen and oxygen atoms in total. The zero-order valence-electron chi connectivity index (χ0n) is 19.8. The fourth-order valence-corrected chi connectivity index (χ4v) is 5.26. The summed E-state index contributed by atoms with van der Waals surface area (Å²) in [6.45, 7) is 4.38. The maximum Gasteiger partial charge on any atom is 0.254 e. The number of rotatable bonds is 7. The summed E-state index contributed by atoms with van der Waals surface area (Å²) in [6.07, 6.45) is -0.324. The normalized spacial score (nSPS) is 23.1. The first-order chi connectivity index (χ1) is 16.1. The zero-order chi connectivity index (χ0) is 26.3. The highest BCUT2D eigenvalue weighted by Crippen LogP contribution is 2.36. The summed E-state index contributed by atoms with van der Waals surface area (Å²) >= 11 is 0. The van der Waals surface area contributed by atoms with E-state index in [1.54, 1.807) is 0 Å². The molecule has 2 aromatic rings. The number of nitrogens with one attached hydrogen (secondary N) is 1. The minimum absolute atomic E-state index is 0.0240. The first-order valence-corrected chi connectivity index (χ1v) is 12.7. The molecule has 1 aliphatic rings. The minimum Gasteiger partial charge on any atom is -0.381 e. The largest absolute Gasteiger partial charge is 0.381 e. The van der Waals surface area contributed by atoms with Crippen LogP contribution in [0.15, 0.2) is 36.4 Å². The Morgan fingerprint density at radius 2 is 1.80 bits per heavy atom. The van der Waals surface area contributed by atoms with E-state index in [2.05, 4.69) is 4.72 Å². The number of nitrogens with zero attached hydrogens (tertiary/aromatic N) is 1. The molecule has 0 saturated carbocycles. The monoisotopic (exact) mass is 516 g/mol. The molecule has 0 aliphatic carbocycles. The minimum atomic E-state index is -3.92. The summed E-state index contributed by atoms with van der Waals surface area (Å²) in [5, 5.41) is 10.3. The van der Waals surface area contributed by atoms with Gasteiger partial charge < -0.3 is 10.0 Å². The molecule has 1 amide bonds. The van der Waals surface area contributed by atoms with Gasteiger partial charge in [0.15, 0.2) is 0 Å². The van der Waals surface area contributed by atoms with Gasteiger partial charge in [0.25, 0.3) is 5.91 Å². The van der Waals surface area contributed by atoms with Crippen molar-refractivity contribution in [1.29, 1.82) is 0 Å². The van der Waals surface area contributed by atoms with Crippen LogP contribution in [0.5, 0.6) is 0 Å². The topological polar surface area (TPSA) is 86.7 Å². The number of amides is 1. The van der Waals surface area contributed by atoms with Gasteiger partial charge in [-0.25, -0.2) is 30.7 Å². The molecule has 11 heteroatoms. The average Bonchev–Trinajstić information content (AvgIpc) is 2.97. The maximum atomic E-state index is 15.6. The van der Waals surface area contributed by atoms with E-state index in [0.29, 0.717) is 6.07 Å². The third-order valence-corrected chi connectivity index (χ3v) is 7.44. The highest BCUT2D eigenvalue weighted by atomic mass is 32.2. The van der Waals surface area contributed by atoms with Gasteiger partial charge in [-0.3, -0.25) is 4.79 Å². The van der Waals surface area contributed by atoms with E-state index in [1.807, 2.05) is 0 Å². The van der Waals surface area contributed by atoms with Crippen molar-refractivity contribution in [3.8, 4) is 11.1 Å². The lowest BCUT2D eigenvalue weighted by Gasteiger charge is -2.32. The second kappa shape index (κ2) is 9.51. The molecule has 1 aliphatic heterocycles. The van der Waals surface area contributed by atoms with Crippen LogP contribution in [0.25, 0.3) is 11.1 Å². The quantitative estimate of drug-likeness (QED) is 0.553. The second-order valence-corrected chi connectivity index (χ2v) is 11.5. The number of carbonyl (C=O) groups is 1. The van der Waals surface area contributed by atoms with Gasteiger partial charge in [-0.1, -0.05) is 18.2 Å². The van der Waals surface area contributed by atoms with E-state index in [0.717, 1.165) is 24.0 Å². The van der Waals surface area contributed by atoms with Crippen molar-refractivity contribution >= 4 is 15.9 Å². The van der Waals surface area contributed by atoms with E-state index >= 15 is 8.78 Å². The van der Waals surface area contributed by atoms with Crippen molar-refractivity contribution in [2.75, 3.05) is 12.3 Å². The zero-order valence-corrected chi connectivity index (χ0v) is 20.6.